The molecule has 2 rings (SSSR count). The molecule has 0 amide bonds. The molecule has 0 bridgehead atoms. The molecule has 0 aliphatic carbocycles. The Kier molecular flexibility index (Phi) is 4.27. The number of nitrogens with two attached hydrogens (primary N) is 2. The van der Waals surface area contributed by atoms with E-state index in [0.29, 0.717) is 0 Å². The van der Waals surface area contributed by atoms with Crippen LogP contribution in [-0.2, 0) is 6.18 Å². The number of alkyl halides is 3. The first kappa shape index (κ1) is 16.4. The fourth-order valence-electron chi connectivity index (χ4n) is 1.97. The summed E-state index contributed by atoms with van der Waals surface area (Å²) in [6.45, 7) is 1.89. The fraction of sp³-hybridized carbons (Fsp3) is 0.214. The largest absolute Gasteiger partial charge is 0.493 e. The number of nitrogen functional groups attached to an aromatic ring is 2. The highest BCUT2D eigenvalue weighted by molar-refractivity contribution is 5.77. The molecule has 1 aromatic carbocycles. The summed E-state index contributed by atoms with van der Waals surface area (Å²) < 4.78 is 44.2. The number of benzene rings is 1. The molecule has 1 heterocycles. The van der Waals surface area contributed by atoms with Gasteiger partial charge in [0.1, 0.15) is 23.2 Å². The molecule has 0 aliphatic heterocycles. The smallest absolute Gasteiger partial charge is 0.416 e. The number of nitrogens with zero attached hydrogens (tertiary/aromatic N) is 3. The number of nitriles is 1. The molecule has 120 valence electrons. The van der Waals surface area contributed by atoms with Crippen LogP contribution >= 0.6 is 0 Å². The quantitative estimate of drug-likeness (QED) is 0.898. The molecule has 23 heavy (non-hydrogen) atoms. The highest BCUT2D eigenvalue weighted by Gasteiger charge is 2.32. The predicted molar refractivity (Wildman–Crippen MR) is 77.2 cm³/mol. The first-order valence-corrected chi connectivity index (χ1v) is 6.45. The van der Waals surface area contributed by atoms with Crippen LogP contribution in [-0.4, -0.2) is 16.6 Å². The van der Waals surface area contributed by atoms with Crippen molar-refractivity contribution < 1.29 is 17.9 Å². The van der Waals surface area contributed by atoms with E-state index in [2.05, 4.69) is 9.97 Å². The molecule has 6 nitrogen and oxygen atoms in total. The normalized spacial score (nSPS) is 11.1. The zero-order valence-corrected chi connectivity index (χ0v) is 12.0. The summed E-state index contributed by atoms with van der Waals surface area (Å²) in [4.78, 5) is 7.49. The van der Waals surface area contributed by atoms with Crippen molar-refractivity contribution in [2.75, 3.05) is 18.1 Å². The lowest BCUT2D eigenvalue weighted by atomic mass is 10.0. The van der Waals surface area contributed by atoms with Crippen molar-refractivity contribution in [2.24, 2.45) is 0 Å². The number of halogens is 3. The molecule has 0 saturated carbocycles. The first-order chi connectivity index (χ1) is 10.8. The third-order valence-corrected chi connectivity index (χ3v) is 2.93. The molecule has 0 spiro atoms. The predicted octanol–water partition coefficient (Wildman–Crippen LogP) is 2.60. The summed E-state index contributed by atoms with van der Waals surface area (Å²) in [7, 11) is 0. The van der Waals surface area contributed by atoms with E-state index in [1.54, 1.807) is 13.0 Å². The summed E-state index contributed by atoms with van der Waals surface area (Å²) in [6.07, 6.45) is -4.56. The van der Waals surface area contributed by atoms with Crippen LogP contribution in [0.1, 0.15) is 18.1 Å². The summed E-state index contributed by atoms with van der Waals surface area (Å²) in [5.41, 5.74) is 9.89. The standard InChI is InChI=1S/C14H12F3N5O/c1-2-23-10-4-3-7(14(15,16)17)5-8(10)11-9(6-18)12(19)22-13(20)21-11/h3-5H,2H2,1H3,(H4,19,20,21,22). The topological polar surface area (TPSA) is 111 Å². The summed E-state index contributed by atoms with van der Waals surface area (Å²) in [6, 6.07) is 4.66. The average Bonchev–Trinajstić information content (AvgIpc) is 2.46. The van der Waals surface area contributed by atoms with E-state index in [-0.39, 0.29) is 40.9 Å². The molecule has 4 N–H and O–H groups in total. The van der Waals surface area contributed by atoms with Crippen LogP contribution in [0.15, 0.2) is 18.2 Å². The zero-order chi connectivity index (χ0) is 17.2. The van der Waals surface area contributed by atoms with E-state index in [1.165, 1.54) is 0 Å². The molecule has 0 radical (unpaired) electrons. The molecular weight excluding hydrogens is 311 g/mol. The van der Waals surface area contributed by atoms with Gasteiger partial charge in [0.25, 0.3) is 0 Å². The van der Waals surface area contributed by atoms with E-state index in [1.807, 2.05) is 0 Å². The maximum atomic E-state index is 13.0. The van der Waals surface area contributed by atoms with Gasteiger partial charge in [-0.3, -0.25) is 0 Å². The third kappa shape index (κ3) is 3.26. The SMILES string of the molecule is CCOc1ccc(C(F)(F)F)cc1-c1nc(N)nc(N)c1C#N. The second kappa shape index (κ2) is 6.00. The van der Waals surface area contributed by atoms with Crippen molar-refractivity contribution in [3.05, 3.63) is 29.3 Å². The minimum Gasteiger partial charge on any atom is -0.493 e. The molecule has 9 heteroatoms. The van der Waals surface area contributed by atoms with Gasteiger partial charge in [0, 0.05) is 5.56 Å². The van der Waals surface area contributed by atoms with Crippen molar-refractivity contribution in [3.63, 3.8) is 0 Å². The van der Waals surface area contributed by atoms with Crippen LogP contribution in [0, 0.1) is 11.3 Å². The summed E-state index contributed by atoms with van der Waals surface area (Å²) in [5.74, 6) is -0.333. The average molecular weight is 323 g/mol. The highest BCUT2D eigenvalue weighted by Crippen LogP contribution is 2.38. The van der Waals surface area contributed by atoms with Crippen LogP contribution in [0.25, 0.3) is 11.3 Å². The molecule has 2 aromatic rings. The van der Waals surface area contributed by atoms with Crippen molar-refractivity contribution in [1.29, 1.82) is 5.26 Å². The lowest BCUT2D eigenvalue weighted by molar-refractivity contribution is -0.137. The van der Waals surface area contributed by atoms with Crippen molar-refractivity contribution in [2.45, 2.75) is 13.1 Å². The van der Waals surface area contributed by atoms with Crippen molar-refractivity contribution in [3.8, 4) is 23.1 Å². The third-order valence-electron chi connectivity index (χ3n) is 2.93. The Morgan fingerprint density at radius 3 is 2.52 bits per heavy atom. The molecule has 0 unspecified atom stereocenters. The molecular formula is C14H12F3N5O. The summed E-state index contributed by atoms with van der Waals surface area (Å²) in [5, 5.41) is 9.19. The van der Waals surface area contributed by atoms with Crippen LogP contribution in [0.4, 0.5) is 24.9 Å². The van der Waals surface area contributed by atoms with E-state index >= 15 is 0 Å². The summed E-state index contributed by atoms with van der Waals surface area (Å²) >= 11 is 0. The van der Waals surface area contributed by atoms with Gasteiger partial charge >= 0.3 is 6.18 Å². The second-order valence-electron chi connectivity index (χ2n) is 4.44. The van der Waals surface area contributed by atoms with Gasteiger partial charge in [-0.05, 0) is 25.1 Å². The maximum Gasteiger partial charge on any atom is 0.416 e. The Morgan fingerprint density at radius 2 is 1.96 bits per heavy atom. The second-order valence-corrected chi connectivity index (χ2v) is 4.44. The zero-order valence-electron chi connectivity index (χ0n) is 12.0. The molecule has 0 aliphatic rings. The number of hydrogen-bond donors (Lipinski definition) is 2. The molecule has 0 atom stereocenters. The van der Waals surface area contributed by atoms with Crippen molar-refractivity contribution >= 4 is 11.8 Å². The Hall–Kier alpha value is -3.02. The van der Waals surface area contributed by atoms with Gasteiger partial charge in [0.05, 0.1) is 17.9 Å². The number of anilines is 2. The van der Waals surface area contributed by atoms with Gasteiger partial charge in [-0.15, -0.1) is 0 Å². The lowest BCUT2D eigenvalue weighted by Gasteiger charge is -2.15. The Balaban J connectivity index is 2.78. The van der Waals surface area contributed by atoms with E-state index in [4.69, 9.17) is 16.2 Å². The number of aromatic nitrogens is 2. The van der Waals surface area contributed by atoms with Crippen LogP contribution in [0.2, 0.25) is 0 Å². The van der Waals surface area contributed by atoms with Gasteiger partial charge in [-0.1, -0.05) is 0 Å². The fourth-order valence-corrected chi connectivity index (χ4v) is 1.97. The van der Waals surface area contributed by atoms with Gasteiger partial charge in [-0.2, -0.15) is 23.4 Å². The van der Waals surface area contributed by atoms with Gasteiger partial charge < -0.3 is 16.2 Å². The van der Waals surface area contributed by atoms with Gasteiger partial charge in [-0.25, -0.2) is 4.98 Å². The van der Waals surface area contributed by atoms with Crippen LogP contribution in [0.3, 0.4) is 0 Å². The minimum atomic E-state index is -4.56. The highest BCUT2D eigenvalue weighted by atomic mass is 19.4. The van der Waals surface area contributed by atoms with Crippen LogP contribution < -0.4 is 16.2 Å². The lowest BCUT2D eigenvalue weighted by Crippen LogP contribution is -2.08. The first-order valence-electron chi connectivity index (χ1n) is 6.45. The van der Waals surface area contributed by atoms with E-state index < -0.39 is 11.7 Å². The molecule has 0 saturated heterocycles. The molecule has 0 fully saturated rings. The van der Waals surface area contributed by atoms with Gasteiger partial charge in [0.15, 0.2) is 0 Å². The Bertz CT molecular complexity index is 783. The number of hydrogen-bond acceptors (Lipinski definition) is 6. The number of ether oxygens (including phenoxy) is 1. The minimum absolute atomic E-state index is 0.0287. The number of rotatable bonds is 3. The van der Waals surface area contributed by atoms with Crippen molar-refractivity contribution in [1.82, 2.24) is 9.97 Å². The van der Waals surface area contributed by atoms with E-state index in [9.17, 15) is 18.4 Å². The Labute approximate surface area is 129 Å². The molecule has 1 aromatic heterocycles. The van der Waals surface area contributed by atoms with Crippen LogP contribution in [0.5, 0.6) is 5.75 Å². The van der Waals surface area contributed by atoms with E-state index in [0.717, 1.165) is 18.2 Å². The van der Waals surface area contributed by atoms with Gasteiger partial charge in [0.2, 0.25) is 5.95 Å². The maximum absolute atomic E-state index is 13.0. The Morgan fingerprint density at radius 1 is 1.26 bits per heavy atom. The monoisotopic (exact) mass is 323 g/mol.